The summed E-state index contributed by atoms with van der Waals surface area (Å²) in [5.41, 5.74) is 0.793. The Morgan fingerprint density at radius 2 is 1.61 bits per heavy atom. The van der Waals surface area contributed by atoms with Crippen LogP contribution in [-0.4, -0.2) is 0 Å². The van der Waals surface area contributed by atoms with E-state index >= 15 is 0 Å². The molecule has 0 saturated heterocycles. The fourth-order valence-corrected chi connectivity index (χ4v) is 8.15. The van der Waals surface area contributed by atoms with Crippen LogP contribution in [0.3, 0.4) is 0 Å². The number of hydrogen-bond donors (Lipinski definition) is 0. The summed E-state index contributed by atoms with van der Waals surface area (Å²) in [6.45, 7) is 7.80. The summed E-state index contributed by atoms with van der Waals surface area (Å²) < 4.78 is 0. The minimum atomic E-state index is 0.793. The first kappa shape index (κ1) is 10.7. The van der Waals surface area contributed by atoms with Gasteiger partial charge in [-0.25, -0.2) is 0 Å². The van der Waals surface area contributed by atoms with Gasteiger partial charge in [-0.2, -0.15) is 0 Å². The molecule has 0 aromatic rings. The minimum absolute atomic E-state index is 0.793. The molecule has 0 radical (unpaired) electrons. The molecule has 0 amide bonds. The molecule has 5 aliphatic carbocycles. The quantitative estimate of drug-likeness (QED) is 0.584. The van der Waals surface area contributed by atoms with Gasteiger partial charge in [-0.1, -0.05) is 27.2 Å². The fraction of sp³-hybridized carbons (Fsp3) is 1.00. The van der Waals surface area contributed by atoms with Crippen molar-refractivity contribution in [3.63, 3.8) is 0 Å². The second-order valence-electron chi connectivity index (χ2n) is 8.98. The first-order chi connectivity index (χ1) is 8.62. The third-order valence-corrected chi connectivity index (χ3v) is 8.87. The molecular formula is C18H28. The van der Waals surface area contributed by atoms with E-state index in [1.807, 2.05) is 0 Å². The van der Waals surface area contributed by atoms with Gasteiger partial charge in [-0.15, -0.1) is 0 Å². The maximum absolute atomic E-state index is 2.67. The number of rotatable bonds is 0. The first-order valence-corrected chi connectivity index (χ1v) is 8.62. The van der Waals surface area contributed by atoms with Crippen LogP contribution in [0.5, 0.6) is 0 Å². The zero-order chi connectivity index (χ0) is 12.2. The van der Waals surface area contributed by atoms with Gasteiger partial charge in [0.2, 0.25) is 0 Å². The summed E-state index contributed by atoms with van der Waals surface area (Å²) in [5.74, 6) is 10.2. The van der Waals surface area contributed by atoms with E-state index < -0.39 is 0 Å². The number of hydrogen-bond acceptors (Lipinski definition) is 0. The molecule has 0 spiro atoms. The van der Waals surface area contributed by atoms with E-state index in [1.54, 1.807) is 32.1 Å². The predicted octanol–water partition coefficient (Wildman–Crippen LogP) is 4.60. The lowest BCUT2D eigenvalue weighted by atomic mass is 9.71. The van der Waals surface area contributed by atoms with Gasteiger partial charge < -0.3 is 0 Å². The van der Waals surface area contributed by atoms with Gasteiger partial charge in [0.15, 0.2) is 0 Å². The van der Waals surface area contributed by atoms with E-state index in [0.717, 1.165) is 58.7 Å². The maximum Gasteiger partial charge on any atom is -0.0232 e. The Labute approximate surface area is 112 Å². The van der Waals surface area contributed by atoms with Crippen molar-refractivity contribution in [2.75, 3.05) is 0 Å². The molecule has 5 rings (SSSR count). The van der Waals surface area contributed by atoms with Crippen molar-refractivity contribution >= 4 is 0 Å². The average molecular weight is 244 g/mol. The van der Waals surface area contributed by atoms with Crippen LogP contribution in [0.4, 0.5) is 0 Å². The van der Waals surface area contributed by atoms with Gasteiger partial charge >= 0.3 is 0 Å². The van der Waals surface area contributed by atoms with Crippen molar-refractivity contribution < 1.29 is 0 Å². The SMILES string of the molecule is CC1CCC2CC3CC4CC5C(C)C5(C)C4C3C12. The van der Waals surface area contributed by atoms with E-state index in [9.17, 15) is 0 Å². The summed E-state index contributed by atoms with van der Waals surface area (Å²) >= 11 is 0. The number of fused-ring (bicyclic) bond motifs is 7. The second-order valence-corrected chi connectivity index (χ2v) is 8.98. The summed E-state index contributed by atoms with van der Waals surface area (Å²) in [5, 5.41) is 0. The molecule has 0 aromatic carbocycles. The van der Waals surface area contributed by atoms with Gasteiger partial charge in [0.25, 0.3) is 0 Å². The maximum atomic E-state index is 2.67. The van der Waals surface area contributed by atoms with Crippen LogP contribution in [0, 0.1) is 58.7 Å². The zero-order valence-corrected chi connectivity index (χ0v) is 12.2. The highest BCUT2D eigenvalue weighted by atomic mass is 14.8. The topological polar surface area (TPSA) is 0 Å². The highest BCUT2D eigenvalue weighted by molar-refractivity contribution is 5.22. The highest BCUT2D eigenvalue weighted by Gasteiger charge is 2.74. The van der Waals surface area contributed by atoms with E-state index in [-0.39, 0.29) is 0 Å². The van der Waals surface area contributed by atoms with Crippen molar-refractivity contribution in [2.24, 2.45) is 58.7 Å². The van der Waals surface area contributed by atoms with E-state index in [0.29, 0.717) is 0 Å². The van der Waals surface area contributed by atoms with Crippen molar-refractivity contribution in [2.45, 2.75) is 52.9 Å². The summed E-state index contributed by atoms with van der Waals surface area (Å²) in [7, 11) is 0. The lowest BCUT2D eigenvalue weighted by Crippen LogP contribution is -2.29. The second kappa shape index (κ2) is 3.01. The largest absolute Gasteiger partial charge is 0.0622 e. The molecule has 5 fully saturated rings. The van der Waals surface area contributed by atoms with Crippen LogP contribution in [-0.2, 0) is 0 Å². The molecule has 0 bridgehead atoms. The molecular weight excluding hydrogens is 216 g/mol. The molecule has 5 saturated carbocycles. The van der Waals surface area contributed by atoms with Crippen LogP contribution in [0.1, 0.15) is 52.9 Å². The first-order valence-electron chi connectivity index (χ1n) is 8.62. The third-order valence-electron chi connectivity index (χ3n) is 8.87. The van der Waals surface area contributed by atoms with Crippen LogP contribution in [0.2, 0.25) is 0 Å². The van der Waals surface area contributed by atoms with Gasteiger partial charge in [0.05, 0.1) is 0 Å². The highest BCUT2D eigenvalue weighted by Crippen LogP contribution is 2.80. The molecule has 0 heterocycles. The Morgan fingerprint density at radius 1 is 0.833 bits per heavy atom. The van der Waals surface area contributed by atoms with Crippen LogP contribution in [0.25, 0.3) is 0 Å². The third kappa shape index (κ3) is 0.967. The predicted molar refractivity (Wildman–Crippen MR) is 74.0 cm³/mol. The normalized spacial score (nSPS) is 71.8. The minimum Gasteiger partial charge on any atom is -0.0622 e. The standard InChI is InChI=1S/C18H28/c1-9-4-5-11-6-12-7-13-8-14-10(2)18(14,3)17(13)16(12)15(9)11/h9-17H,4-8H2,1-3H3. The summed E-state index contributed by atoms with van der Waals surface area (Å²) in [6.07, 6.45) is 7.99. The van der Waals surface area contributed by atoms with Gasteiger partial charge in [0.1, 0.15) is 0 Å². The van der Waals surface area contributed by atoms with E-state index in [1.165, 1.54) is 0 Å². The van der Waals surface area contributed by atoms with Crippen LogP contribution < -0.4 is 0 Å². The summed E-state index contributed by atoms with van der Waals surface area (Å²) in [4.78, 5) is 0. The Hall–Kier alpha value is 0. The smallest absolute Gasteiger partial charge is 0.0232 e. The molecule has 100 valence electrons. The lowest BCUT2D eigenvalue weighted by Gasteiger charge is -2.33. The Bertz CT molecular complexity index is 399. The molecule has 0 aromatic heterocycles. The zero-order valence-electron chi connectivity index (χ0n) is 12.2. The molecule has 0 heteroatoms. The molecule has 10 atom stereocenters. The van der Waals surface area contributed by atoms with Crippen molar-refractivity contribution in [1.82, 2.24) is 0 Å². The van der Waals surface area contributed by atoms with Crippen molar-refractivity contribution in [3.05, 3.63) is 0 Å². The molecule has 0 N–H and O–H groups in total. The molecule has 0 nitrogen and oxygen atoms in total. The van der Waals surface area contributed by atoms with Gasteiger partial charge in [-0.3, -0.25) is 0 Å². The van der Waals surface area contributed by atoms with E-state index in [4.69, 9.17) is 0 Å². The van der Waals surface area contributed by atoms with Crippen molar-refractivity contribution in [1.29, 1.82) is 0 Å². The van der Waals surface area contributed by atoms with Gasteiger partial charge in [-0.05, 0) is 84.4 Å². The fourth-order valence-electron chi connectivity index (χ4n) is 8.15. The molecule has 18 heavy (non-hydrogen) atoms. The van der Waals surface area contributed by atoms with E-state index in [2.05, 4.69) is 20.8 Å². The molecule has 5 aliphatic rings. The van der Waals surface area contributed by atoms with Crippen LogP contribution >= 0.6 is 0 Å². The monoisotopic (exact) mass is 244 g/mol. The molecule has 0 aliphatic heterocycles. The Balaban J connectivity index is 1.54. The average Bonchev–Trinajstić information content (AvgIpc) is 2.81. The summed E-state index contributed by atoms with van der Waals surface area (Å²) in [6, 6.07) is 0. The van der Waals surface area contributed by atoms with Crippen molar-refractivity contribution in [3.8, 4) is 0 Å². The molecule has 10 unspecified atom stereocenters. The lowest BCUT2D eigenvalue weighted by molar-refractivity contribution is 0.137. The van der Waals surface area contributed by atoms with Gasteiger partial charge in [0, 0.05) is 0 Å². The Kier molecular flexibility index (Phi) is 1.80. The van der Waals surface area contributed by atoms with Crippen LogP contribution in [0.15, 0.2) is 0 Å². The Morgan fingerprint density at radius 3 is 2.44 bits per heavy atom.